The molecule has 0 aliphatic carbocycles. The number of hydrogen-bond acceptors (Lipinski definition) is 3. The second kappa shape index (κ2) is 6.77. The van der Waals surface area contributed by atoms with Crippen molar-refractivity contribution in [1.29, 1.82) is 0 Å². The molecule has 1 aromatic heterocycles. The summed E-state index contributed by atoms with van der Waals surface area (Å²) in [5, 5.41) is 4.18. The molecule has 0 aliphatic rings. The molecule has 1 rings (SSSR count). The second-order valence-electron chi connectivity index (χ2n) is 5.45. The van der Waals surface area contributed by atoms with Crippen molar-refractivity contribution in [2.75, 3.05) is 20.1 Å². The van der Waals surface area contributed by atoms with E-state index in [4.69, 9.17) is 5.73 Å². The summed E-state index contributed by atoms with van der Waals surface area (Å²) < 4.78 is 1.84. The summed E-state index contributed by atoms with van der Waals surface area (Å²) in [6, 6.07) is 0. The Kier molecular flexibility index (Phi) is 5.65. The van der Waals surface area contributed by atoms with Crippen LogP contribution in [0.4, 0.5) is 0 Å². The summed E-state index contributed by atoms with van der Waals surface area (Å²) in [5.41, 5.74) is 7.08. The van der Waals surface area contributed by atoms with Crippen LogP contribution in [-0.2, 0) is 13.6 Å². The van der Waals surface area contributed by atoms with Crippen LogP contribution in [0.25, 0.3) is 0 Å². The molecule has 1 unspecified atom stereocenters. The van der Waals surface area contributed by atoms with Crippen LogP contribution >= 0.6 is 0 Å². The van der Waals surface area contributed by atoms with Gasteiger partial charge in [-0.2, -0.15) is 5.10 Å². The molecule has 0 aromatic carbocycles. The second-order valence-corrected chi connectivity index (χ2v) is 5.45. The number of nitrogens with two attached hydrogens (primary N) is 1. The topological polar surface area (TPSA) is 47.1 Å². The molecule has 0 amide bonds. The van der Waals surface area contributed by atoms with E-state index in [0.29, 0.717) is 5.92 Å². The molecule has 0 aliphatic heterocycles. The van der Waals surface area contributed by atoms with Crippen LogP contribution in [0.3, 0.4) is 0 Å². The van der Waals surface area contributed by atoms with Crippen molar-refractivity contribution in [2.45, 2.75) is 26.8 Å². The number of aryl methyl sites for hydroxylation is 1. The third-order valence-electron chi connectivity index (χ3n) is 2.92. The van der Waals surface area contributed by atoms with Crippen molar-refractivity contribution in [2.24, 2.45) is 24.6 Å². The van der Waals surface area contributed by atoms with E-state index in [9.17, 15) is 0 Å². The minimum atomic E-state index is 0.594. The molecule has 98 valence electrons. The van der Waals surface area contributed by atoms with Crippen LogP contribution < -0.4 is 5.73 Å². The molecule has 17 heavy (non-hydrogen) atoms. The molecular formula is C13H26N4. The fourth-order valence-corrected chi connectivity index (χ4v) is 2.28. The van der Waals surface area contributed by atoms with E-state index in [1.54, 1.807) is 0 Å². The highest BCUT2D eigenvalue weighted by Gasteiger charge is 2.12. The summed E-state index contributed by atoms with van der Waals surface area (Å²) in [4.78, 5) is 2.33. The Balaban J connectivity index is 2.39. The third kappa shape index (κ3) is 5.33. The van der Waals surface area contributed by atoms with Crippen molar-refractivity contribution in [3.8, 4) is 0 Å². The molecule has 4 nitrogen and oxygen atoms in total. The van der Waals surface area contributed by atoms with Gasteiger partial charge in [0, 0.05) is 31.9 Å². The van der Waals surface area contributed by atoms with Crippen LogP contribution in [0.5, 0.6) is 0 Å². The highest BCUT2D eigenvalue weighted by molar-refractivity contribution is 5.02. The maximum atomic E-state index is 5.82. The van der Waals surface area contributed by atoms with E-state index in [1.807, 2.05) is 17.9 Å². The van der Waals surface area contributed by atoms with E-state index in [2.05, 4.69) is 37.1 Å². The van der Waals surface area contributed by atoms with Gasteiger partial charge in [0.1, 0.15) is 0 Å². The monoisotopic (exact) mass is 238 g/mol. The molecule has 1 atom stereocenters. The average molecular weight is 238 g/mol. The van der Waals surface area contributed by atoms with Crippen molar-refractivity contribution < 1.29 is 0 Å². The highest BCUT2D eigenvalue weighted by atomic mass is 15.2. The quantitative estimate of drug-likeness (QED) is 0.782. The Hall–Kier alpha value is -0.870. The Morgan fingerprint density at radius 1 is 1.47 bits per heavy atom. The van der Waals surface area contributed by atoms with Crippen molar-refractivity contribution in [3.05, 3.63) is 18.0 Å². The van der Waals surface area contributed by atoms with Gasteiger partial charge in [0.25, 0.3) is 0 Å². The Bertz CT molecular complexity index is 319. The molecule has 4 heteroatoms. The van der Waals surface area contributed by atoms with Crippen molar-refractivity contribution in [1.82, 2.24) is 14.7 Å². The maximum Gasteiger partial charge on any atom is 0.0534 e. The lowest BCUT2D eigenvalue weighted by Crippen LogP contribution is -2.30. The van der Waals surface area contributed by atoms with E-state index in [0.717, 1.165) is 25.6 Å². The van der Waals surface area contributed by atoms with Gasteiger partial charge < -0.3 is 10.6 Å². The Morgan fingerprint density at radius 2 is 2.18 bits per heavy atom. The minimum absolute atomic E-state index is 0.594. The summed E-state index contributed by atoms with van der Waals surface area (Å²) in [7, 11) is 4.10. The molecule has 0 spiro atoms. The van der Waals surface area contributed by atoms with Gasteiger partial charge in [-0.05, 0) is 31.8 Å². The van der Waals surface area contributed by atoms with Gasteiger partial charge in [-0.15, -0.1) is 0 Å². The Morgan fingerprint density at radius 3 is 2.65 bits per heavy atom. The van der Waals surface area contributed by atoms with Crippen LogP contribution in [-0.4, -0.2) is 34.8 Å². The van der Waals surface area contributed by atoms with E-state index < -0.39 is 0 Å². The lowest BCUT2D eigenvalue weighted by molar-refractivity contribution is 0.250. The van der Waals surface area contributed by atoms with Crippen LogP contribution in [0.1, 0.15) is 25.8 Å². The predicted octanol–water partition coefficient (Wildman–Crippen LogP) is 1.47. The predicted molar refractivity (Wildman–Crippen MR) is 71.5 cm³/mol. The lowest BCUT2D eigenvalue weighted by atomic mass is 9.97. The SMILES string of the molecule is CC(C)CC(CN)CN(C)Cc1cnn(C)c1. The molecular weight excluding hydrogens is 212 g/mol. The molecule has 0 fully saturated rings. The first-order valence-electron chi connectivity index (χ1n) is 6.37. The van der Waals surface area contributed by atoms with Gasteiger partial charge in [-0.25, -0.2) is 0 Å². The van der Waals surface area contributed by atoms with Gasteiger partial charge in [-0.3, -0.25) is 4.68 Å². The van der Waals surface area contributed by atoms with Crippen LogP contribution in [0.15, 0.2) is 12.4 Å². The average Bonchev–Trinajstić information content (AvgIpc) is 2.62. The van der Waals surface area contributed by atoms with Crippen LogP contribution in [0.2, 0.25) is 0 Å². The number of hydrogen-bond donors (Lipinski definition) is 1. The largest absolute Gasteiger partial charge is 0.330 e. The summed E-state index contributed by atoms with van der Waals surface area (Å²) in [6.45, 7) is 7.29. The number of nitrogens with zero attached hydrogens (tertiary/aromatic N) is 3. The molecule has 0 saturated heterocycles. The van der Waals surface area contributed by atoms with Gasteiger partial charge >= 0.3 is 0 Å². The van der Waals surface area contributed by atoms with Crippen LogP contribution in [0, 0.1) is 11.8 Å². The fraction of sp³-hybridized carbons (Fsp3) is 0.769. The third-order valence-corrected chi connectivity index (χ3v) is 2.92. The standard InChI is InChI=1S/C13H26N4/c1-11(2)5-12(6-14)8-16(3)9-13-7-15-17(4)10-13/h7,10-12H,5-6,8-9,14H2,1-4H3. The van der Waals surface area contributed by atoms with Gasteiger partial charge in [0.15, 0.2) is 0 Å². The summed E-state index contributed by atoms with van der Waals surface area (Å²) >= 11 is 0. The van der Waals surface area contributed by atoms with Crippen molar-refractivity contribution >= 4 is 0 Å². The first kappa shape index (κ1) is 14.2. The fourth-order valence-electron chi connectivity index (χ4n) is 2.28. The Labute approximate surface area is 105 Å². The molecule has 0 saturated carbocycles. The van der Waals surface area contributed by atoms with E-state index >= 15 is 0 Å². The van der Waals surface area contributed by atoms with Gasteiger partial charge in [-0.1, -0.05) is 13.8 Å². The van der Waals surface area contributed by atoms with Gasteiger partial charge in [0.05, 0.1) is 6.20 Å². The zero-order chi connectivity index (χ0) is 12.8. The van der Waals surface area contributed by atoms with E-state index in [1.165, 1.54) is 12.0 Å². The van der Waals surface area contributed by atoms with Gasteiger partial charge in [0.2, 0.25) is 0 Å². The van der Waals surface area contributed by atoms with Crippen molar-refractivity contribution in [3.63, 3.8) is 0 Å². The lowest BCUT2D eigenvalue weighted by Gasteiger charge is -2.23. The molecule has 1 heterocycles. The molecule has 0 bridgehead atoms. The smallest absolute Gasteiger partial charge is 0.0534 e. The molecule has 1 aromatic rings. The number of rotatable bonds is 7. The number of aromatic nitrogens is 2. The maximum absolute atomic E-state index is 5.82. The molecule has 2 N–H and O–H groups in total. The highest BCUT2D eigenvalue weighted by Crippen LogP contribution is 2.12. The zero-order valence-electron chi connectivity index (χ0n) is 11.6. The molecule has 0 radical (unpaired) electrons. The zero-order valence-corrected chi connectivity index (χ0v) is 11.6. The summed E-state index contributed by atoms with van der Waals surface area (Å²) in [6.07, 6.45) is 5.20. The first-order chi connectivity index (χ1) is 8.01. The summed E-state index contributed by atoms with van der Waals surface area (Å²) in [5.74, 6) is 1.31. The normalized spacial score (nSPS) is 13.6. The minimum Gasteiger partial charge on any atom is -0.330 e. The first-order valence-corrected chi connectivity index (χ1v) is 6.37. The van der Waals surface area contributed by atoms with E-state index in [-0.39, 0.29) is 0 Å².